The van der Waals surface area contributed by atoms with Crippen molar-refractivity contribution in [3.8, 4) is 11.4 Å². The molecule has 6 rings (SSSR count). The second kappa shape index (κ2) is 9.58. The number of rotatable bonds is 6. The van der Waals surface area contributed by atoms with Gasteiger partial charge in [0.15, 0.2) is 0 Å². The van der Waals surface area contributed by atoms with Crippen LogP contribution in [0.15, 0.2) is 54.7 Å². The number of benzene rings is 2. The lowest BCUT2D eigenvalue weighted by molar-refractivity contribution is 0.0746. The first-order chi connectivity index (χ1) is 18.5. The van der Waals surface area contributed by atoms with Gasteiger partial charge in [0.1, 0.15) is 17.0 Å². The van der Waals surface area contributed by atoms with Crippen LogP contribution < -0.4 is 16.0 Å². The number of carbonyl (C=O) groups is 3. The largest absolute Gasteiger partial charge is 0.366 e. The molecule has 11 heteroatoms. The molecule has 0 radical (unpaired) electrons. The molecule has 0 atom stereocenters. The lowest BCUT2D eigenvalue weighted by atomic mass is 10.1. The van der Waals surface area contributed by atoms with Crippen LogP contribution in [0, 0.1) is 0 Å². The van der Waals surface area contributed by atoms with E-state index >= 15 is 0 Å². The monoisotopic (exact) mass is 510 g/mol. The number of primary amides is 1. The fraction of sp³-hybridized carbons (Fsp3) is 0.259. The smallest absolute Gasteiger partial charge is 0.270 e. The van der Waals surface area contributed by atoms with E-state index in [0.29, 0.717) is 65.8 Å². The number of aromatic nitrogens is 4. The summed E-state index contributed by atoms with van der Waals surface area (Å²) in [6.07, 6.45) is 3.63. The fourth-order valence-electron chi connectivity index (χ4n) is 4.54. The summed E-state index contributed by atoms with van der Waals surface area (Å²) in [5.41, 5.74) is 8.78. The summed E-state index contributed by atoms with van der Waals surface area (Å²) < 4.78 is 0. The number of imidazole rings is 1. The van der Waals surface area contributed by atoms with Gasteiger partial charge >= 0.3 is 0 Å². The third-order valence-electron chi connectivity index (χ3n) is 6.82. The number of piperazine rings is 1. The maximum absolute atomic E-state index is 13.2. The molecule has 38 heavy (non-hydrogen) atoms. The number of hydrogen-bond acceptors (Lipinski definition) is 7. The minimum atomic E-state index is -0.534. The SMILES string of the molecule is NC(=O)c1cccc2[nH]c(-c3ccc(C(=O)N4CCN(c5nccc(C(=O)NC6CC6)n5)CC4)cc3)nc12. The van der Waals surface area contributed by atoms with Crippen LogP contribution in [-0.4, -0.2) is 74.8 Å². The number of H-pyrrole nitrogens is 1. The number of amides is 3. The molecule has 0 unspecified atom stereocenters. The van der Waals surface area contributed by atoms with Gasteiger partial charge in [-0.05, 0) is 43.2 Å². The summed E-state index contributed by atoms with van der Waals surface area (Å²) in [4.78, 5) is 57.5. The Morgan fingerprint density at radius 1 is 0.947 bits per heavy atom. The first-order valence-corrected chi connectivity index (χ1v) is 12.5. The number of anilines is 1. The number of aromatic amines is 1. The zero-order valence-corrected chi connectivity index (χ0v) is 20.6. The van der Waals surface area contributed by atoms with E-state index in [4.69, 9.17) is 5.73 Å². The number of nitrogens with zero attached hydrogens (tertiary/aromatic N) is 5. The third-order valence-corrected chi connectivity index (χ3v) is 6.82. The quantitative estimate of drug-likeness (QED) is 0.359. The first-order valence-electron chi connectivity index (χ1n) is 12.5. The van der Waals surface area contributed by atoms with Gasteiger partial charge in [0.05, 0.1) is 11.1 Å². The van der Waals surface area contributed by atoms with Crippen molar-refractivity contribution < 1.29 is 14.4 Å². The maximum atomic E-state index is 13.2. The molecule has 2 aliphatic rings. The number of fused-ring (bicyclic) bond motifs is 1. The summed E-state index contributed by atoms with van der Waals surface area (Å²) in [6, 6.07) is 14.3. The molecule has 1 aliphatic heterocycles. The molecule has 2 fully saturated rings. The van der Waals surface area contributed by atoms with E-state index in [9.17, 15) is 14.4 Å². The summed E-state index contributed by atoms with van der Waals surface area (Å²) in [5, 5.41) is 2.94. The number of carbonyl (C=O) groups excluding carboxylic acids is 3. The summed E-state index contributed by atoms with van der Waals surface area (Å²) >= 11 is 0. The van der Waals surface area contributed by atoms with E-state index in [-0.39, 0.29) is 17.9 Å². The molecule has 0 spiro atoms. The van der Waals surface area contributed by atoms with Gasteiger partial charge in [-0.15, -0.1) is 0 Å². The van der Waals surface area contributed by atoms with E-state index in [1.807, 2.05) is 23.1 Å². The lowest BCUT2D eigenvalue weighted by Crippen LogP contribution is -2.49. The fourth-order valence-corrected chi connectivity index (χ4v) is 4.54. The van der Waals surface area contributed by atoms with Crippen molar-refractivity contribution in [1.82, 2.24) is 30.2 Å². The third kappa shape index (κ3) is 4.65. The Balaban J connectivity index is 1.10. The zero-order valence-electron chi connectivity index (χ0n) is 20.6. The highest BCUT2D eigenvalue weighted by Crippen LogP contribution is 2.24. The van der Waals surface area contributed by atoms with Crippen molar-refractivity contribution in [2.24, 2.45) is 5.73 Å². The highest BCUT2D eigenvalue weighted by molar-refractivity contribution is 6.04. The minimum absolute atomic E-state index is 0.0599. The molecule has 192 valence electrons. The van der Waals surface area contributed by atoms with Crippen molar-refractivity contribution in [2.45, 2.75) is 18.9 Å². The number of hydrogen-bond donors (Lipinski definition) is 3. The number of para-hydroxylation sites is 1. The number of nitrogens with two attached hydrogens (primary N) is 1. The number of nitrogens with one attached hydrogen (secondary N) is 2. The van der Waals surface area contributed by atoms with Crippen LogP contribution in [-0.2, 0) is 0 Å². The molecule has 2 aromatic heterocycles. The maximum Gasteiger partial charge on any atom is 0.270 e. The Hall–Kier alpha value is -4.80. The Labute approximate surface area is 218 Å². The van der Waals surface area contributed by atoms with E-state index < -0.39 is 5.91 Å². The van der Waals surface area contributed by atoms with Gasteiger partial charge < -0.3 is 25.8 Å². The van der Waals surface area contributed by atoms with Crippen LogP contribution in [0.1, 0.15) is 44.0 Å². The average molecular weight is 511 g/mol. The van der Waals surface area contributed by atoms with Gasteiger partial charge in [-0.3, -0.25) is 14.4 Å². The van der Waals surface area contributed by atoms with Crippen molar-refractivity contribution in [3.05, 3.63) is 71.5 Å². The molecule has 3 amide bonds. The molecule has 4 N–H and O–H groups in total. The molecule has 1 saturated heterocycles. The molecule has 0 bridgehead atoms. The first kappa shape index (κ1) is 23.6. The molecular formula is C27H26N8O3. The highest BCUT2D eigenvalue weighted by atomic mass is 16.2. The molecule has 11 nitrogen and oxygen atoms in total. The normalized spacial score (nSPS) is 15.5. The van der Waals surface area contributed by atoms with Crippen molar-refractivity contribution in [2.75, 3.05) is 31.1 Å². The molecule has 3 heterocycles. The standard InChI is InChI=1S/C27H26N8O3/c28-23(36)19-2-1-3-20-22(19)33-24(31-20)16-4-6-17(7-5-16)26(38)34-12-14-35(15-13-34)27-29-11-10-21(32-27)25(37)30-18-8-9-18/h1-7,10-11,18H,8-9,12-15H2,(H2,28,36)(H,30,37)(H,31,33). The van der Waals surface area contributed by atoms with Gasteiger partial charge in [0, 0.05) is 49.5 Å². The van der Waals surface area contributed by atoms with E-state index in [0.717, 1.165) is 18.4 Å². The van der Waals surface area contributed by atoms with Gasteiger partial charge in [0.2, 0.25) is 5.95 Å². The Morgan fingerprint density at radius 3 is 2.42 bits per heavy atom. The van der Waals surface area contributed by atoms with Gasteiger partial charge in [-0.25, -0.2) is 15.0 Å². The second-order valence-corrected chi connectivity index (χ2v) is 9.50. The van der Waals surface area contributed by atoms with Crippen molar-refractivity contribution in [3.63, 3.8) is 0 Å². The van der Waals surface area contributed by atoms with Crippen LogP contribution >= 0.6 is 0 Å². The van der Waals surface area contributed by atoms with E-state index in [1.54, 1.807) is 41.4 Å². The second-order valence-electron chi connectivity index (χ2n) is 9.50. The summed E-state index contributed by atoms with van der Waals surface area (Å²) in [5.74, 6) is 0.317. The Bertz CT molecular complexity index is 1540. The van der Waals surface area contributed by atoms with Crippen LogP contribution in [0.4, 0.5) is 5.95 Å². The molecule has 4 aromatic rings. The van der Waals surface area contributed by atoms with E-state index in [2.05, 4.69) is 25.3 Å². The van der Waals surface area contributed by atoms with Crippen LogP contribution in [0.25, 0.3) is 22.4 Å². The highest BCUT2D eigenvalue weighted by Gasteiger charge is 2.26. The molecular weight excluding hydrogens is 484 g/mol. The Kier molecular flexibility index (Phi) is 5.95. The molecule has 2 aromatic carbocycles. The van der Waals surface area contributed by atoms with E-state index in [1.165, 1.54) is 0 Å². The zero-order chi connectivity index (χ0) is 26.2. The Morgan fingerprint density at radius 2 is 1.71 bits per heavy atom. The summed E-state index contributed by atoms with van der Waals surface area (Å²) in [6.45, 7) is 2.17. The topological polar surface area (TPSA) is 150 Å². The molecule has 1 aliphatic carbocycles. The summed E-state index contributed by atoms with van der Waals surface area (Å²) in [7, 11) is 0. The van der Waals surface area contributed by atoms with Crippen LogP contribution in [0.3, 0.4) is 0 Å². The van der Waals surface area contributed by atoms with Gasteiger partial charge in [-0.1, -0.05) is 18.2 Å². The molecule has 1 saturated carbocycles. The van der Waals surface area contributed by atoms with Crippen molar-refractivity contribution >= 4 is 34.7 Å². The average Bonchev–Trinajstić information content (AvgIpc) is 3.66. The van der Waals surface area contributed by atoms with Gasteiger partial charge in [-0.2, -0.15) is 0 Å². The van der Waals surface area contributed by atoms with Crippen LogP contribution in [0.2, 0.25) is 0 Å². The van der Waals surface area contributed by atoms with Crippen LogP contribution in [0.5, 0.6) is 0 Å². The predicted octanol–water partition coefficient (Wildman–Crippen LogP) is 1.97. The van der Waals surface area contributed by atoms with Crippen molar-refractivity contribution in [1.29, 1.82) is 0 Å². The predicted molar refractivity (Wildman–Crippen MR) is 141 cm³/mol. The minimum Gasteiger partial charge on any atom is -0.366 e. The van der Waals surface area contributed by atoms with Gasteiger partial charge in [0.25, 0.3) is 17.7 Å². The lowest BCUT2D eigenvalue weighted by Gasteiger charge is -2.34.